The summed E-state index contributed by atoms with van der Waals surface area (Å²) in [5.41, 5.74) is 4.15. The highest BCUT2D eigenvalue weighted by Crippen LogP contribution is 2.36. The van der Waals surface area contributed by atoms with Crippen LogP contribution in [-0.4, -0.2) is 25.0 Å². The van der Waals surface area contributed by atoms with Gasteiger partial charge in [0.2, 0.25) is 5.91 Å². The number of benzene rings is 4. The van der Waals surface area contributed by atoms with Crippen LogP contribution >= 0.6 is 0 Å². The number of rotatable bonds is 7. The van der Waals surface area contributed by atoms with E-state index >= 15 is 0 Å². The van der Waals surface area contributed by atoms with E-state index in [-0.39, 0.29) is 6.54 Å². The molecule has 0 spiro atoms. The van der Waals surface area contributed by atoms with E-state index in [1.54, 1.807) is 18.2 Å². The maximum absolute atomic E-state index is 14.3. The maximum atomic E-state index is 14.3. The number of nitrogens with one attached hydrogen (secondary N) is 1. The van der Waals surface area contributed by atoms with Crippen molar-refractivity contribution in [1.29, 1.82) is 0 Å². The molecule has 0 saturated carbocycles. The molecule has 2 amide bonds. The number of halogens is 1. The second-order valence-corrected chi connectivity index (χ2v) is 9.48. The summed E-state index contributed by atoms with van der Waals surface area (Å²) in [7, 11) is 0. The Bertz CT molecular complexity index is 1490. The van der Waals surface area contributed by atoms with Gasteiger partial charge in [-0.25, -0.2) is 4.39 Å². The predicted octanol–water partition coefficient (Wildman–Crippen LogP) is 5.92. The molecule has 0 aliphatic carbocycles. The molecule has 0 aromatic heterocycles. The molecular formula is C32H29FN2O4. The van der Waals surface area contributed by atoms with Gasteiger partial charge >= 0.3 is 0 Å². The van der Waals surface area contributed by atoms with Crippen molar-refractivity contribution in [3.63, 3.8) is 0 Å². The van der Waals surface area contributed by atoms with Gasteiger partial charge < -0.3 is 14.8 Å². The van der Waals surface area contributed by atoms with Crippen LogP contribution in [0.15, 0.2) is 91.0 Å². The van der Waals surface area contributed by atoms with Crippen molar-refractivity contribution in [3.8, 4) is 11.5 Å². The molecule has 1 aliphatic heterocycles. The molecule has 1 atom stereocenters. The lowest BCUT2D eigenvalue weighted by Crippen LogP contribution is -2.44. The third kappa shape index (κ3) is 5.77. The minimum atomic E-state index is -1.07. The third-order valence-corrected chi connectivity index (χ3v) is 6.62. The van der Waals surface area contributed by atoms with E-state index in [4.69, 9.17) is 9.47 Å². The zero-order chi connectivity index (χ0) is 27.4. The van der Waals surface area contributed by atoms with Gasteiger partial charge in [-0.1, -0.05) is 60.2 Å². The van der Waals surface area contributed by atoms with Crippen molar-refractivity contribution in [1.82, 2.24) is 5.32 Å². The van der Waals surface area contributed by atoms with Gasteiger partial charge in [0.15, 0.2) is 11.5 Å². The number of hydrogen-bond donors (Lipinski definition) is 1. The minimum Gasteiger partial charge on any atom is -0.486 e. The molecule has 1 heterocycles. The van der Waals surface area contributed by atoms with Crippen LogP contribution in [-0.2, 0) is 11.3 Å². The van der Waals surface area contributed by atoms with Crippen LogP contribution in [0.2, 0.25) is 0 Å². The first kappa shape index (κ1) is 26.0. The van der Waals surface area contributed by atoms with Gasteiger partial charge in [-0.05, 0) is 66.9 Å². The largest absolute Gasteiger partial charge is 0.486 e. The van der Waals surface area contributed by atoms with E-state index in [1.165, 1.54) is 29.2 Å². The lowest BCUT2D eigenvalue weighted by Gasteiger charge is -2.33. The van der Waals surface area contributed by atoms with Gasteiger partial charge in [0, 0.05) is 17.8 Å². The molecule has 0 saturated heterocycles. The van der Waals surface area contributed by atoms with Crippen molar-refractivity contribution in [3.05, 3.63) is 125 Å². The first-order valence-corrected chi connectivity index (χ1v) is 12.8. The standard InChI is InChI=1S/C32H29FN2O4/c1-21-8-14-27(22(2)18-21)35(32(37)25-11-15-28-29(19-25)39-17-16-38-28)30(24-9-12-26(33)13-10-24)31(36)34-20-23-6-4-3-5-7-23/h3-15,18-19,30H,16-17,20H2,1-2H3,(H,34,36)/t30-/m0/s1. The fourth-order valence-corrected chi connectivity index (χ4v) is 4.70. The average Bonchev–Trinajstić information content (AvgIpc) is 2.96. The van der Waals surface area contributed by atoms with Gasteiger partial charge in [-0.3, -0.25) is 14.5 Å². The van der Waals surface area contributed by atoms with Gasteiger partial charge in [0.05, 0.1) is 0 Å². The minimum absolute atomic E-state index is 0.274. The first-order valence-electron chi connectivity index (χ1n) is 12.8. The molecule has 0 fully saturated rings. The number of aryl methyl sites for hydroxylation is 2. The molecule has 1 N–H and O–H groups in total. The Labute approximate surface area is 227 Å². The lowest BCUT2D eigenvalue weighted by molar-refractivity contribution is -0.122. The molecule has 7 heteroatoms. The Balaban J connectivity index is 1.60. The second-order valence-electron chi connectivity index (χ2n) is 9.48. The van der Waals surface area contributed by atoms with E-state index in [0.717, 1.165) is 16.7 Å². The molecular weight excluding hydrogens is 495 g/mol. The summed E-state index contributed by atoms with van der Waals surface area (Å²) in [6, 6.07) is 24.8. The topological polar surface area (TPSA) is 67.9 Å². The molecule has 4 aromatic carbocycles. The molecule has 198 valence electrons. The molecule has 4 aromatic rings. The monoisotopic (exact) mass is 524 g/mol. The zero-order valence-electron chi connectivity index (χ0n) is 21.8. The molecule has 0 unspecified atom stereocenters. The number of anilines is 1. The van der Waals surface area contributed by atoms with Crippen molar-refractivity contribution in [2.24, 2.45) is 0 Å². The van der Waals surface area contributed by atoms with Crippen molar-refractivity contribution < 1.29 is 23.5 Å². The number of carbonyl (C=O) groups excluding carboxylic acids is 2. The highest BCUT2D eigenvalue weighted by Gasteiger charge is 2.34. The van der Waals surface area contributed by atoms with E-state index < -0.39 is 23.7 Å². The van der Waals surface area contributed by atoms with Crippen LogP contribution in [0.5, 0.6) is 11.5 Å². The average molecular weight is 525 g/mol. The Kier molecular flexibility index (Phi) is 7.59. The van der Waals surface area contributed by atoms with Crippen molar-refractivity contribution >= 4 is 17.5 Å². The highest BCUT2D eigenvalue weighted by molar-refractivity contribution is 6.10. The number of hydrogen-bond acceptors (Lipinski definition) is 4. The summed E-state index contributed by atoms with van der Waals surface area (Å²) in [6.45, 7) is 4.95. The number of nitrogens with zero attached hydrogens (tertiary/aromatic N) is 1. The van der Waals surface area contributed by atoms with Crippen LogP contribution in [0, 0.1) is 19.7 Å². The van der Waals surface area contributed by atoms with Gasteiger partial charge in [0.1, 0.15) is 25.1 Å². The van der Waals surface area contributed by atoms with Crippen LogP contribution in [0.3, 0.4) is 0 Å². The molecule has 0 radical (unpaired) electrons. The van der Waals surface area contributed by atoms with Crippen LogP contribution in [0.25, 0.3) is 0 Å². The highest BCUT2D eigenvalue weighted by atomic mass is 19.1. The van der Waals surface area contributed by atoms with Gasteiger partial charge in [-0.2, -0.15) is 0 Å². The summed E-state index contributed by atoms with van der Waals surface area (Å²) in [5, 5.41) is 2.98. The Hall–Kier alpha value is -4.65. The fourth-order valence-electron chi connectivity index (χ4n) is 4.70. The molecule has 1 aliphatic rings. The summed E-state index contributed by atoms with van der Waals surface area (Å²) >= 11 is 0. The molecule has 0 bridgehead atoms. The SMILES string of the molecule is Cc1ccc(N(C(=O)c2ccc3c(c2)OCCO3)[C@H](C(=O)NCc2ccccc2)c2ccc(F)cc2)c(C)c1. The second kappa shape index (κ2) is 11.4. The number of ether oxygens (including phenoxy) is 2. The Morgan fingerprint density at radius 3 is 2.31 bits per heavy atom. The van der Waals surface area contributed by atoms with Crippen LogP contribution in [0.4, 0.5) is 10.1 Å². The van der Waals surface area contributed by atoms with Gasteiger partial charge in [0.25, 0.3) is 5.91 Å². The van der Waals surface area contributed by atoms with E-state index in [9.17, 15) is 14.0 Å². The smallest absolute Gasteiger partial charge is 0.259 e. The van der Waals surface area contributed by atoms with E-state index in [0.29, 0.717) is 41.5 Å². The van der Waals surface area contributed by atoms with Crippen LogP contribution < -0.4 is 19.7 Å². The quantitative estimate of drug-likeness (QED) is 0.326. The zero-order valence-corrected chi connectivity index (χ0v) is 21.8. The van der Waals surface area contributed by atoms with Crippen LogP contribution in [0.1, 0.15) is 38.7 Å². The molecule has 6 nitrogen and oxygen atoms in total. The lowest BCUT2D eigenvalue weighted by atomic mass is 9.99. The first-order chi connectivity index (χ1) is 18.9. The molecule has 39 heavy (non-hydrogen) atoms. The fraction of sp³-hybridized carbons (Fsp3) is 0.188. The Morgan fingerprint density at radius 2 is 1.59 bits per heavy atom. The summed E-state index contributed by atoms with van der Waals surface area (Å²) in [6.07, 6.45) is 0. The third-order valence-electron chi connectivity index (χ3n) is 6.62. The number of amides is 2. The summed E-state index contributed by atoms with van der Waals surface area (Å²) < 4.78 is 25.3. The predicted molar refractivity (Wildman–Crippen MR) is 148 cm³/mol. The van der Waals surface area contributed by atoms with Crippen molar-refractivity contribution in [2.75, 3.05) is 18.1 Å². The summed E-state index contributed by atoms with van der Waals surface area (Å²) in [5.74, 6) is -0.191. The van der Waals surface area contributed by atoms with E-state index in [2.05, 4.69) is 5.32 Å². The van der Waals surface area contributed by atoms with E-state index in [1.807, 2.05) is 62.4 Å². The van der Waals surface area contributed by atoms with Gasteiger partial charge in [-0.15, -0.1) is 0 Å². The normalized spacial score (nSPS) is 12.9. The number of fused-ring (bicyclic) bond motifs is 1. The molecule has 5 rings (SSSR count). The summed E-state index contributed by atoms with van der Waals surface area (Å²) in [4.78, 5) is 29.7. The Morgan fingerprint density at radius 1 is 0.872 bits per heavy atom. The van der Waals surface area contributed by atoms with Crippen molar-refractivity contribution in [2.45, 2.75) is 26.4 Å². The maximum Gasteiger partial charge on any atom is 0.259 e. The number of carbonyl (C=O) groups is 2.